The summed E-state index contributed by atoms with van der Waals surface area (Å²) in [7, 11) is 0. The summed E-state index contributed by atoms with van der Waals surface area (Å²) in [4.78, 5) is 24.4. The first-order chi connectivity index (χ1) is 12.2. The lowest BCUT2D eigenvalue weighted by atomic mass is 9.98. The van der Waals surface area contributed by atoms with E-state index >= 15 is 0 Å². The van der Waals surface area contributed by atoms with Gasteiger partial charge in [-0.1, -0.05) is 78.9 Å². The van der Waals surface area contributed by atoms with Crippen molar-refractivity contribution in [3.05, 3.63) is 96.1 Å². The second-order valence-corrected chi connectivity index (χ2v) is 5.57. The molecule has 0 saturated carbocycles. The fourth-order valence-electron chi connectivity index (χ4n) is 2.69. The molecule has 0 aromatic heterocycles. The molecule has 0 radical (unpaired) electrons. The summed E-state index contributed by atoms with van der Waals surface area (Å²) in [5.41, 5.74) is 2.63. The van der Waals surface area contributed by atoms with Crippen LogP contribution in [0.3, 0.4) is 0 Å². The van der Waals surface area contributed by atoms with E-state index in [0.29, 0.717) is 11.1 Å². The third-order valence-corrected chi connectivity index (χ3v) is 3.91. The Balaban J connectivity index is 1.92. The van der Waals surface area contributed by atoms with Gasteiger partial charge in [0.1, 0.15) is 0 Å². The molecule has 0 fully saturated rings. The first kappa shape index (κ1) is 16.5. The maximum absolute atomic E-state index is 12.8. The Morgan fingerprint density at radius 3 is 1.96 bits per heavy atom. The van der Waals surface area contributed by atoms with E-state index in [4.69, 9.17) is 0 Å². The normalized spacial score (nSPS) is 11.5. The van der Waals surface area contributed by atoms with Gasteiger partial charge in [-0.05, 0) is 22.8 Å². The number of rotatable bonds is 5. The Labute approximate surface area is 145 Å². The minimum absolute atomic E-state index is 0.421. The minimum atomic E-state index is -1.10. The van der Waals surface area contributed by atoms with E-state index in [1.54, 1.807) is 42.5 Å². The van der Waals surface area contributed by atoms with Crippen LogP contribution in [-0.2, 0) is 4.79 Å². The van der Waals surface area contributed by atoms with Crippen molar-refractivity contribution in [2.24, 2.45) is 0 Å². The molecule has 0 aliphatic rings. The average Bonchev–Trinajstić information content (AvgIpc) is 2.67. The topological polar surface area (TPSA) is 66.4 Å². The Hall–Kier alpha value is -3.40. The van der Waals surface area contributed by atoms with Gasteiger partial charge in [0.05, 0.1) is 0 Å². The predicted octanol–water partition coefficient (Wildman–Crippen LogP) is 3.91. The van der Waals surface area contributed by atoms with Crippen LogP contribution in [0, 0.1) is 0 Å². The summed E-state index contributed by atoms with van der Waals surface area (Å²) in [6, 6.07) is 24.2. The first-order valence-electron chi connectivity index (χ1n) is 7.90. The Kier molecular flexibility index (Phi) is 4.90. The quantitative estimate of drug-likeness (QED) is 0.745. The second kappa shape index (κ2) is 7.45. The zero-order valence-electron chi connectivity index (χ0n) is 13.4. The zero-order valence-corrected chi connectivity index (χ0v) is 13.4. The molecular weight excluding hydrogens is 314 g/mol. The van der Waals surface area contributed by atoms with E-state index in [1.165, 1.54) is 0 Å². The zero-order chi connectivity index (χ0) is 17.6. The highest BCUT2D eigenvalue weighted by molar-refractivity contribution is 6.02. The van der Waals surface area contributed by atoms with Crippen molar-refractivity contribution >= 4 is 11.9 Å². The van der Waals surface area contributed by atoms with E-state index < -0.39 is 17.9 Å². The number of aliphatic carboxylic acids is 1. The molecule has 3 aromatic rings. The summed E-state index contributed by atoms with van der Waals surface area (Å²) in [5.74, 6) is -1.52. The van der Waals surface area contributed by atoms with Crippen LogP contribution in [0.1, 0.15) is 22.0 Å². The van der Waals surface area contributed by atoms with Gasteiger partial charge in [0.25, 0.3) is 5.91 Å². The summed E-state index contributed by atoms with van der Waals surface area (Å²) >= 11 is 0. The highest BCUT2D eigenvalue weighted by Gasteiger charge is 2.23. The van der Waals surface area contributed by atoms with Gasteiger partial charge < -0.3 is 10.4 Å². The molecule has 3 rings (SSSR count). The molecule has 0 saturated heterocycles. The third kappa shape index (κ3) is 3.75. The molecule has 25 heavy (non-hydrogen) atoms. The number of carbonyl (C=O) groups excluding carboxylic acids is 1. The number of hydrogen-bond donors (Lipinski definition) is 2. The van der Waals surface area contributed by atoms with Crippen LogP contribution < -0.4 is 5.32 Å². The second-order valence-electron chi connectivity index (χ2n) is 5.57. The van der Waals surface area contributed by atoms with Crippen molar-refractivity contribution in [3.8, 4) is 11.1 Å². The lowest BCUT2D eigenvalue weighted by molar-refractivity contribution is -0.139. The largest absolute Gasteiger partial charge is 0.479 e. The summed E-state index contributed by atoms with van der Waals surface area (Å²) < 4.78 is 0. The molecule has 4 nitrogen and oxygen atoms in total. The van der Waals surface area contributed by atoms with Gasteiger partial charge in [-0.2, -0.15) is 0 Å². The number of carboxylic acid groups (broad SMARTS) is 1. The number of carbonyl (C=O) groups is 2. The molecule has 124 valence electrons. The van der Waals surface area contributed by atoms with Crippen molar-refractivity contribution in [1.82, 2.24) is 5.32 Å². The number of amides is 1. The molecule has 0 spiro atoms. The van der Waals surface area contributed by atoms with Crippen LogP contribution in [-0.4, -0.2) is 17.0 Å². The smallest absolute Gasteiger partial charge is 0.330 e. The van der Waals surface area contributed by atoms with E-state index in [9.17, 15) is 14.7 Å². The molecule has 0 bridgehead atoms. The maximum Gasteiger partial charge on any atom is 0.330 e. The SMILES string of the molecule is O=C(NC(C(=O)O)c1ccccc1)c1ccccc1-c1ccccc1. The van der Waals surface area contributed by atoms with Gasteiger partial charge in [-0.25, -0.2) is 4.79 Å². The fourth-order valence-corrected chi connectivity index (χ4v) is 2.69. The lowest BCUT2D eigenvalue weighted by Gasteiger charge is -2.16. The molecule has 3 aromatic carbocycles. The highest BCUT2D eigenvalue weighted by Crippen LogP contribution is 2.24. The van der Waals surface area contributed by atoms with Crippen molar-refractivity contribution in [2.45, 2.75) is 6.04 Å². The Bertz CT molecular complexity index is 876. The molecule has 1 unspecified atom stereocenters. The number of benzene rings is 3. The van der Waals surface area contributed by atoms with Gasteiger partial charge >= 0.3 is 5.97 Å². The molecule has 2 N–H and O–H groups in total. The van der Waals surface area contributed by atoms with Crippen LogP contribution in [0.5, 0.6) is 0 Å². The minimum Gasteiger partial charge on any atom is -0.479 e. The first-order valence-corrected chi connectivity index (χ1v) is 7.90. The van der Waals surface area contributed by atoms with Gasteiger partial charge in [-0.15, -0.1) is 0 Å². The highest BCUT2D eigenvalue weighted by atomic mass is 16.4. The molecule has 1 amide bonds. The van der Waals surface area contributed by atoms with E-state index in [2.05, 4.69) is 5.32 Å². The molecule has 1 atom stereocenters. The summed E-state index contributed by atoms with van der Waals surface area (Å²) in [6.45, 7) is 0. The van der Waals surface area contributed by atoms with Gasteiger partial charge in [0.2, 0.25) is 0 Å². The number of carboxylic acids is 1. The maximum atomic E-state index is 12.8. The Morgan fingerprint density at radius 1 is 0.760 bits per heavy atom. The molecular formula is C21H17NO3. The van der Waals surface area contributed by atoms with E-state index in [0.717, 1.165) is 11.1 Å². The van der Waals surface area contributed by atoms with Gasteiger partial charge in [-0.3, -0.25) is 4.79 Å². The fraction of sp³-hybridized carbons (Fsp3) is 0.0476. The van der Waals surface area contributed by atoms with Crippen LogP contribution in [0.25, 0.3) is 11.1 Å². The van der Waals surface area contributed by atoms with Gasteiger partial charge in [0, 0.05) is 5.56 Å². The van der Waals surface area contributed by atoms with Gasteiger partial charge in [0.15, 0.2) is 6.04 Å². The van der Waals surface area contributed by atoms with Crippen LogP contribution >= 0.6 is 0 Å². The molecule has 4 heteroatoms. The van der Waals surface area contributed by atoms with E-state index in [1.807, 2.05) is 42.5 Å². The lowest BCUT2D eigenvalue weighted by Crippen LogP contribution is -2.34. The van der Waals surface area contributed by atoms with Crippen molar-refractivity contribution in [2.75, 3.05) is 0 Å². The van der Waals surface area contributed by atoms with E-state index in [-0.39, 0.29) is 0 Å². The van der Waals surface area contributed by atoms with Crippen LogP contribution in [0.4, 0.5) is 0 Å². The average molecular weight is 331 g/mol. The Morgan fingerprint density at radius 2 is 1.32 bits per heavy atom. The number of hydrogen-bond acceptors (Lipinski definition) is 2. The molecule has 0 heterocycles. The predicted molar refractivity (Wildman–Crippen MR) is 96.2 cm³/mol. The number of nitrogens with one attached hydrogen (secondary N) is 1. The molecule has 0 aliphatic carbocycles. The van der Waals surface area contributed by atoms with Crippen LogP contribution in [0.15, 0.2) is 84.9 Å². The summed E-state index contributed by atoms with van der Waals surface area (Å²) in [6.07, 6.45) is 0. The third-order valence-electron chi connectivity index (χ3n) is 3.91. The van der Waals surface area contributed by atoms with Crippen molar-refractivity contribution < 1.29 is 14.7 Å². The molecule has 0 aliphatic heterocycles. The summed E-state index contributed by atoms with van der Waals surface area (Å²) in [5, 5.41) is 12.1. The van der Waals surface area contributed by atoms with Crippen molar-refractivity contribution in [1.29, 1.82) is 0 Å². The van der Waals surface area contributed by atoms with Crippen molar-refractivity contribution in [3.63, 3.8) is 0 Å². The van der Waals surface area contributed by atoms with Crippen LogP contribution in [0.2, 0.25) is 0 Å². The monoisotopic (exact) mass is 331 g/mol. The standard InChI is InChI=1S/C21H17NO3/c23-20(22-19(21(24)25)16-11-5-2-6-12-16)18-14-8-7-13-17(18)15-9-3-1-4-10-15/h1-14,19H,(H,22,23)(H,24,25).